The van der Waals surface area contributed by atoms with E-state index in [2.05, 4.69) is 9.72 Å². The lowest BCUT2D eigenvalue weighted by Crippen LogP contribution is -2.19. The van der Waals surface area contributed by atoms with Crippen LogP contribution in [0.2, 0.25) is 0 Å². The van der Waals surface area contributed by atoms with Crippen LogP contribution < -0.4 is 4.74 Å². The van der Waals surface area contributed by atoms with Gasteiger partial charge in [0.25, 0.3) is 0 Å². The predicted molar refractivity (Wildman–Crippen MR) is 46.4 cm³/mol. The minimum atomic E-state index is -4.92. The lowest BCUT2D eigenvalue weighted by molar-refractivity contribution is -0.275. The van der Waals surface area contributed by atoms with Crippen molar-refractivity contribution in [1.29, 1.82) is 0 Å². The first-order chi connectivity index (χ1) is 7.37. The van der Waals surface area contributed by atoms with Crippen LogP contribution in [0.3, 0.4) is 0 Å². The van der Waals surface area contributed by atoms with Crippen molar-refractivity contribution in [3.63, 3.8) is 0 Å². The van der Waals surface area contributed by atoms with E-state index in [1.165, 1.54) is 0 Å². The molecule has 0 atom stereocenters. The van der Waals surface area contributed by atoms with Crippen LogP contribution in [0.15, 0.2) is 6.07 Å². The molecule has 1 aromatic rings. The molecule has 0 aliphatic carbocycles. The van der Waals surface area contributed by atoms with Gasteiger partial charge in [-0.15, -0.1) is 24.8 Å². The van der Waals surface area contributed by atoms with Crippen LogP contribution in [-0.2, 0) is 12.5 Å². The molecule has 0 saturated carbocycles. The first kappa shape index (κ1) is 13.0. The Kier molecular flexibility index (Phi) is 3.93. The highest BCUT2D eigenvalue weighted by Gasteiger charge is 2.32. The molecule has 0 spiro atoms. The number of aromatic nitrogens is 1. The average molecular weight is 260 g/mol. The summed E-state index contributed by atoms with van der Waals surface area (Å²) >= 11 is 5.29. The molecule has 16 heavy (non-hydrogen) atoms. The van der Waals surface area contributed by atoms with Crippen LogP contribution in [-0.4, -0.2) is 16.5 Å². The Balaban J connectivity index is 3.15. The molecule has 90 valence electrons. The number of ether oxygens (including phenoxy) is 1. The third-order valence-corrected chi connectivity index (χ3v) is 1.86. The minimum Gasteiger partial charge on any atom is -0.404 e. The Bertz CT molecular complexity index is 383. The topological polar surface area (TPSA) is 42.4 Å². The van der Waals surface area contributed by atoms with Crippen LogP contribution in [0.25, 0.3) is 0 Å². The zero-order chi connectivity index (χ0) is 12.3. The standard InChI is InChI=1S/C8H6ClF4NO2/c9-2-5-6(16-8(11,12)13)1-4(3-15)7(10)14-5/h1,15H,2-3H2. The van der Waals surface area contributed by atoms with Crippen LogP contribution in [0.4, 0.5) is 17.6 Å². The zero-order valence-electron chi connectivity index (χ0n) is 7.68. The molecule has 0 saturated heterocycles. The molecule has 0 fully saturated rings. The van der Waals surface area contributed by atoms with Crippen LogP contribution in [0.5, 0.6) is 5.75 Å². The molecule has 0 aliphatic heterocycles. The lowest BCUT2D eigenvalue weighted by atomic mass is 10.2. The van der Waals surface area contributed by atoms with E-state index < -0.39 is 36.1 Å². The molecule has 3 nitrogen and oxygen atoms in total. The van der Waals surface area contributed by atoms with Gasteiger partial charge in [-0.3, -0.25) is 0 Å². The number of aliphatic hydroxyl groups excluding tert-OH is 1. The molecular weight excluding hydrogens is 254 g/mol. The Morgan fingerprint density at radius 1 is 1.44 bits per heavy atom. The van der Waals surface area contributed by atoms with Gasteiger partial charge in [0.1, 0.15) is 5.69 Å². The number of rotatable bonds is 3. The third-order valence-electron chi connectivity index (χ3n) is 1.61. The van der Waals surface area contributed by atoms with E-state index in [1.54, 1.807) is 0 Å². The number of hydrogen-bond donors (Lipinski definition) is 1. The van der Waals surface area contributed by atoms with Gasteiger partial charge in [-0.25, -0.2) is 4.98 Å². The highest BCUT2D eigenvalue weighted by Crippen LogP contribution is 2.28. The summed E-state index contributed by atoms with van der Waals surface area (Å²) in [7, 11) is 0. The normalized spacial score (nSPS) is 11.6. The Labute approximate surface area is 92.6 Å². The predicted octanol–water partition coefficient (Wildman–Crippen LogP) is 2.35. The van der Waals surface area contributed by atoms with E-state index in [0.717, 1.165) is 0 Å². The number of hydrogen-bond acceptors (Lipinski definition) is 3. The molecule has 0 bridgehead atoms. The Morgan fingerprint density at radius 2 is 2.06 bits per heavy atom. The lowest BCUT2D eigenvalue weighted by Gasteiger charge is -2.12. The van der Waals surface area contributed by atoms with Crippen molar-refractivity contribution < 1.29 is 27.4 Å². The minimum absolute atomic E-state index is 0.381. The highest BCUT2D eigenvalue weighted by atomic mass is 35.5. The SMILES string of the molecule is OCc1cc(OC(F)(F)F)c(CCl)nc1F. The molecule has 0 amide bonds. The van der Waals surface area contributed by atoms with Crippen LogP contribution >= 0.6 is 11.6 Å². The monoisotopic (exact) mass is 259 g/mol. The maximum atomic E-state index is 13.0. The number of nitrogens with zero attached hydrogens (tertiary/aromatic N) is 1. The molecule has 8 heteroatoms. The number of alkyl halides is 4. The van der Waals surface area contributed by atoms with E-state index in [4.69, 9.17) is 16.7 Å². The first-order valence-electron chi connectivity index (χ1n) is 3.98. The van der Waals surface area contributed by atoms with Gasteiger partial charge in [0.15, 0.2) is 5.75 Å². The Hall–Kier alpha value is -1.08. The smallest absolute Gasteiger partial charge is 0.404 e. The van der Waals surface area contributed by atoms with Gasteiger partial charge in [-0.2, -0.15) is 4.39 Å². The van der Waals surface area contributed by atoms with Crippen molar-refractivity contribution in [1.82, 2.24) is 4.98 Å². The molecule has 0 radical (unpaired) electrons. The fourth-order valence-electron chi connectivity index (χ4n) is 0.966. The fraction of sp³-hybridized carbons (Fsp3) is 0.375. The van der Waals surface area contributed by atoms with Gasteiger partial charge in [-0.05, 0) is 6.07 Å². The molecule has 0 aliphatic rings. The summed E-state index contributed by atoms with van der Waals surface area (Å²) in [6.45, 7) is -0.782. The van der Waals surface area contributed by atoms with E-state index in [-0.39, 0.29) is 5.69 Å². The maximum absolute atomic E-state index is 13.0. The molecular formula is C8H6ClF4NO2. The summed E-state index contributed by atoms with van der Waals surface area (Å²) in [4.78, 5) is 3.16. The summed E-state index contributed by atoms with van der Waals surface area (Å²) in [6, 6.07) is 0.716. The summed E-state index contributed by atoms with van der Waals surface area (Å²) in [5.74, 6) is -2.23. The van der Waals surface area contributed by atoms with Crippen molar-refractivity contribution in [2.24, 2.45) is 0 Å². The fourth-order valence-corrected chi connectivity index (χ4v) is 1.16. The number of pyridine rings is 1. The van der Waals surface area contributed by atoms with Gasteiger partial charge in [0.2, 0.25) is 5.95 Å². The Morgan fingerprint density at radius 3 is 2.50 bits per heavy atom. The highest BCUT2D eigenvalue weighted by molar-refractivity contribution is 6.17. The maximum Gasteiger partial charge on any atom is 0.573 e. The summed E-state index contributed by atoms with van der Waals surface area (Å²) in [5.41, 5.74) is -0.776. The third kappa shape index (κ3) is 3.21. The van der Waals surface area contributed by atoms with Gasteiger partial charge in [0, 0.05) is 5.56 Å². The zero-order valence-corrected chi connectivity index (χ0v) is 8.44. The molecule has 1 heterocycles. The van der Waals surface area contributed by atoms with Crippen LogP contribution in [0.1, 0.15) is 11.3 Å². The van der Waals surface area contributed by atoms with Gasteiger partial charge >= 0.3 is 6.36 Å². The van der Waals surface area contributed by atoms with Gasteiger partial charge < -0.3 is 9.84 Å². The van der Waals surface area contributed by atoms with Crippen molar-refractivity contribution in [2.45, 2.75) is 18.8 Å². The summed E-state index contributed by atoms with van der Waals surface area (Å²) in [5, 5.41) is 8.66. The van der Waals surface area contributed by atoms with E-state index >= 15 is 0 Å². The second-order valence-corrected chi connectivity index (χ2v) is 2.99. The number of halogens is 5. The average Bonchev–Trinajstić information content (AvgIpc) is 2.18. The van der Waals surface area contributed by atoms with Crippen molar-refractivity contribution >= 4 is 11.6 Å². The first-order valence-corrected chi connectivity index (χ1v) is 4.51. The molecule has 1 rings (SSSR count). The second kappa shape index (κ2) is 4.84. The molecule has 0 aromatic carbocycles. The van der Waals surface area contributed by atoms with Crippen molar-refractivity contribution in [3.8, 4) is 5.75 Å². The quantitative estimate of drug-likeness (QED) is 0.515. The van der Waals surface area contributed by atoms with Crippen LogP contribution in [0, 0.1) is 5.95 Å². The van der Waals surface area contributed by atoms with E-state index in [0.29, 0.717) is 6.07 Å². The summed E-state index contributed by atoms with van der Waals surface area (Å²) in [6.07, 6.45) is -4.92. The van der Waals surface area contributed by atoms with E-state index in [9.17, 15) is 17.6 Å². The van der Waals surface area contributed by atoms with Crippen molar-refractivity contribution in [3.05, 3.63) is 23.3 Å². The summed E-state index contributed by atoms with van der Waals surface area (Å²) < 4.78 is 52.4. The molecule has 1 aromatic heterocycles. The van der Waals surface area contributed by atoms with Gasteiger partial charge in [0.05, 0.1) is 12.5 Å². The molecule has 0 unspecified atom stereocenters. The van der Waals surface area contributed by atoms with Crippen molar-refractivity contribution in [2.75, 3.05) is 0 Å². The molecule has 1 N–H and O–H groups in total. The van der Waals surface area contributed by atoms with Gasteiger partial charge in [-0.1, -0.05) is 0 Å². The largest absolute Gasteiger partial charge is 0.573 e. The second-order valence-electron chi connectivity index (χ2n) is 2.72. The number of aliphatic hydroxyl groups is 1. The van der Waals surface area contributed by atoms with E-state index in [1.807, 2.05) is 0 Å².